The SMILES string of the molecule is O=C(O)c1cc(F)cc2[nH]c(CCCCO)nc12. The molecule has 0 bridgehead atoms. The van der Waals surface area contributed by atoms with Gasteiger partial charge in [-0.05, 0) is 25.0 Å². The fourth-order valence-corrected chi connectivity index (χ4v) is 1.82. The van der Waals surface area contributed by atoms with Crippen LogP contribution in [0.1, 0.15) is 29.0 Å². The first kappa shape index (κ1) is 12.5. The summed E-state index contributed by atoms with van der Waals surface area (Å²) in [6.45, 7) is 0.106. The fourth-order valence-electron chi connectivity index (χ4n) is 1.82. The number of halogens is 1. The zero-order chi connectivity index (χ0) is 13.1. The number of H-pyrrole nitrogens is 1. The van der Waals surface area contributed by atoms with E-state index >= 15 is 0 Å². The predicted octanol–water partition coefficient (Wildman–Crippen LogP) is 1.72. The molecule has 0 spiro atoms. The van der Waals surface area contributed by atoms with E-state index in [1.54, 1.807) is 0 Å². The summed E-state index contributed by atoms with van der Waals surface area (Å²) in [5.74, 6) is -1.20. The van der Waals surface area contributed by atoms with Crippen LogP contribution in [0.5, 0.6) is 0 Å². The zero-order valence-corrected chi connectivity index (χ0v) is 9.61. The molecule has 18 heavy (non-hydrogen) atoms. The van der Waals surface area contributed by atoms with Crippen LogP contribution >= 0.6 is 0 Å². The maximum Gasteiger partial charge on any atom is 0.338 e. The number of aromatic carboxylic acids is 1. The van der Waals surface area contributed by atoms with E-state index in [9.17, 15) is 9.18 Å². The summed E-state index contributed by atoms with van der Waals surface area (Å²) < 4.78 is 13.2. The van der Waals surface area contributed by atoms with Crippen molar-refractivity contribution in [2.75, 3.05) is 6.61 Å². The molecule has 2 aromatic rings. The van der Waals surface area contributed by atoms with E-state index in [4.69, 9.17) is 10.2 Å². The summed E-state index contributed by atoms with van der Waals surface area (Å²) in [4.78, 5) is 18.0. The molecule has 0 aliphatic carbocycles. The standard InChI is InChI=1S/C12H13FN2O3/c13-7-5-8(12(17)18)11-9(6-7)14-10(15-11)3-1-2-4-16/h5-6,16H,1-4H2,(H,14,15)(H,17,18). The highest BCUT2D eigenvalue weighted by atomic mass is 19.1. The number of fused-ring (bicyclic) bond motifs is 1. The molecule has 0 saturated heterocycles. The van der Waals surface area contributed by atoms with Gasteiger partial charge in [-0.15, -0.1) is 0 Å². The van der Waals surface area contributed by atoms with Crippen LogP contribution in [-0.4, -0.2) is 32.8 Å². The lowest BCUT2D eigenvalue weighted by Crippen LogP contribution is -1.98. The Balaban J connectivity index is 2.37. The number of aromatic nitrogens is 2. The number of aliphatic hydroxyl groups is 1. The maximum atomic E-state index is 13.2. The highest BCUT2D eigenvalue weighted by Gasteiger charge is 2.14. The second kappa shape index (κ2) is 5.14. The molecule has 1 aromatic heterocycles. The number of hydrogen-bond acceptors (Lipinski definition) is 3. The third-order valence-corrected chi connectivity index (χ3v) is 2.65. The van der Waals surface area contributed by atoms with Crippen LogP contribution in [0.15, 0.2) is 12.1 Å². The number of aryl methyl sites for hydroxylation is 1. The molecule has 1 heterocycles. The van der Waals surface area contributed by atoms with Crippen LogP contribution < -0.4 is 0 Å². The Bertz CT molecular complexity index is 580. The van der Waals surface area contributed by atoms with Gasteiger partial charge in [0.1, 0.15) is 17.2 Å². The van der Waals surface area contributed by atoms with Gasteiger partial charge in [0.25, 0.3) is 0 Å². The molecule has 0 atom stereocenters. The van der Waals surface area contributed by atoms with Crippen LogP contribution in [-0.2, 0) is 6.42 Å². The number of nitrogens with zero attached hydrogens (tertiary/aromatic N) is 1. The monoisotopic (exact) mass is 252 g/mol. The summed E-state index contributed by atoms with van der Waals surface area (Å²) >= 11 is 0. The van der Waals surface area contributed by atoms with Crippen LogP contribution in [0.4, 0.5) is 4.39 Å². The molecule has 0 aliphatic heterocycles. The predicted molar refractivity (Wildman–Crippen MR) is 63.0 cm³/mol. The third-order valence-electron chi connectivity index (χ3n) is 2.65. The van der Waals surface area contributed by atoms with Crippen molar-refractivity contribution in [2.45, 2.75) is 19.3 Å². The molecule has 0 amide bonds. The number of aromatic amines is 1. The lowest BCUT2D eigenvalue weighted by Gasteiger charge is -1.95. The summed E-state index contributed by atoms with van der Waals surface area (Å²) in [6, 6.07) is 2.19. The summed E-state index contributed by atoms with van der Waals surface area (Å²) in [5.41, 5.74) is 0.504. The van der Waals surface area contributed by atoms with Crippen molar-refractivity contribution >= 4 is 17.0 Å². The second-order valence-electron chi connectivity index (χ2n) is 4.02. The highest BCUT2D eigenvalue weighted by Crippen LogP contribution is 2.19. The van der Waals surface area contributed by atoms with Gasteiger partial charge in [-0.1, -0.05) is 0 Å². The zero-order valence-electron chi connectivity index (χ0n) is 9.61. The van der Waals surface area contributed by atoms with E-state index in [0.717, 1.165) is 12.5 Å². The summed E-state index contributed by atoms with van der Waals surface area (Å²) in [5, 5.41) is 17.7. The normalized spacial score (nSPS) is 11.0. The first-order chi connectivity index (χ1) is 8.61. The smallest absolute Gasteiger partial charge is 0.338 e. The molecule has 5 nitrogen and oxygen atoms in total. The molecule has 0 fully saturated rings. The largest absolute Gasteiger partial charge is 0.478 e. The summed E-state index contributed by atoms with van der Waals surface area (Å²) in [6.07, 6.45) is 1.98. The van der Waals surface area contributed by atoms with Crippen molar-refractivity contribution in [1.82, 2.24) is 9.97 Å². The molecule has 96 valence electrons. The first-order valence-electron chi connectivity index (χ1n) is 5.64. The molecular formula is C12H13FN2O3. The maximum absolute atomic E-state index is 13.2. The summed E-state index contributed by atoms with van der Waals surface area (Å²) in [7, 11) is 0. The van der Waals surface area contributed by atoms with Gasteiger partial charge in [0.05, 0.1) is 11.1 Å². The van der Waals surface area contributed by atoms with Gasteiger partial charge in [0, 0.05) is 13.0 Å². The molecule has 6 heteroatoms. The number of carboxylic acids is 1. The molecule has 2 rings (SSSR count). The average Bonchev–Trinajstić information content (AvgIpc) is 2.70. The van der Waals surface area contributed by atoms with E-state index < -0.39 is 11.8 Å². The van der Waals surface area contributed by atoms with Crippen LogP contribution in [0.3, 0.4) is 0 Å². The number of hydrogen-bond donors (Lipinski definition) is 3. The van der Waals surface area contributed by atoms with E-state index in [1.165, 1.54) is 6.07 Å². The van der Waals surface area contributed by atoms with Gasteiger partial charge in [0.15, 0.2) is 0 Å². The molecule has 0 radical (unpaired) electrons. The number of aliphatic hydroxyl groups excluding tert-OH is 1. The lowest BCUT2D eigenvalue weighted by atomic mass is 10.2. The van der Waals surface area contributed by atoms with Crippen molar-refractivity contribution in [3.63, 3.8) is 0 Å². The minimum Gasteiger partial charge on any atom is -0.478 e. The molecule has 0 aliphatic rings. The van der Waals surface area contributed by atoms with E-state index in [0.29, 0.717) is 24.2 Å². The number of benzene rings is 1. The van der Waals surface area contributed by atoms with Gasteiger partial charge >= 0.3 is 5.97 Å². The Kier molecular flexibility index (Phi) is 3.57. The van der Waals surface area contributed by atoms with Gasteiger partial charge in [0.2, 0.25) is 0 Å². The van der Waals surface area contributed by atoms with Gasteiger partial charge < -0.3 is 15.2 Å². The number of carbonyl (C=O) groups is 1. The van der Waals surface area contributed by atoms with E-state index in [1.807, 2.05) is 0 Å². The minimum atomic E-state index is -1.20. The first-order valence-corrected chi connectivity index (χ1v) is 5.64. The van der Waals surface area contributed by atoms with E-state index in [-0.39, 0.29) is 17.7 Å². The third kappa shape index (κ3) is 2.48. The molecule has 3 N–H and O–H groups in total. The lowest BCUT2D eigenvalue weighted by molar-refractivity contribution is 0.0698. The highest BCUT2D eigenvalue weighted by molar-refractivity contribution is 6.00. The van der Waals surface area contributed by atoms with Crippen molar-refractivity contribution in [3.8, 4) is 0 Å². The Hall–Kier alpha value is -1.95. The fraction of sp³-hybridized carbons (Fsp3) is 0.333. The Morgan fingerprint density at radius 2 is 2.17 bits per heavy atom. The average molecular weight is 252 g/mol. The number of imidazole rings is 1. The molecule has 0 saturated carbocycles. The second-order valence-corrected chi connectivity index (χ2v) is 4.02. The molecule has 0 unspecified atom stereocenters. The van der Waals surface area contributed by atoms with Crippen molar-refractivity contribution in [2.24, 2.45) is 0 Å². The number of carboxylic acid groups (broad SMARTS) is 1. The van der Waals surface area contributed by atoms with Crippen molar-refractivity contribution in [3.05, 3.63) is 29.3 Å². The van der Waals surface area contributed by atoms with Crippen molar-refractivity contribution in [1.29, 1.82) is 0 Å². The van der Waals surface area contributed by atoms with Crippen LogP contribution in [0.25, 0.3) is 11.0 Å². The topological polar surface area (TPSA) is 86.2 Å². The molecular weight excluding hydrogens is 239 g/mol. The molecule has 1 aromatic carbocycles. The van der Waals surface area contributed by atoms with Crippen LogP contribution in [0, 0.1) is 5.82 Å². The van der Waals surface area contributed by atoms with Gasteiger partial charge in [-0.25, -0.2) is 14.2 Å². The Morgan fingerprint density at radius 3 is 2.83 bits per heavy atom. The number of nitrogens with one attached hydrogen (secondary N) is 1. The Labute approximate surface area is 102 Å². The Morgan fingerprint density at radius 1 is 1.39 bits per heavy atom. The van der Waals surface area contributed by atoms with Gasteiger partial charge in [-0.2, -0.15) is 0 Å². The number of unbranched alkanes of at least 4 members (excludes halogenated alkanes) is 1. The van der Waals surface area contributed by atoms with E-state index in [2.05, 4.69) is 9.97 Å². The quantitative estimate of drug-likeness (QED) is 0.707. The van der Waals surface area contributed by atoms with Gasteiger partial charge in [-0.3, -0.25) is 0 Å². The van der Waals surface area contributed by atoms with Crippen LogP contribution in [0.2, 0.25) is 0 Å². The number of rotatable bonds is 5. The minimum absolute atomic E-state index is 0.106. The van der Waals surface area contributed by atoms with Crippen molar-refractivity contribution < 1.29 is 19.4 Å².